The summed E-state index contributed by atoms with van der Waals surface area (Å²) in [6.45, 7) is 16.8. The Balaban J connectivity index is 0.000000422. The maximum Gasteiger partial charge on any atom is 0.212 e. The summed E-state index contributed by atoms with van der Waals surface area (Å²) in [5.41, 5.74) is 10.2. The van der Waals surface area contributed by atoms with Crippen molar-refractivity contribution in [2.75, 3.05) is 26.7 Å². The molecule has 2 aromatic heterocycles. The molecule has 5 heteroatoms. The van der Waals surface area contributed by atoms with Crippen LogP contribution in [0.4, 0.5) is 0 Å². The van der Waals surface area contributed by atoms with Crippen LogP contribution in [0.2, 0.25) is 0 Å². The lowest BCUT2D eigenvalue weighted by Crippen LogP contribution is -2.30. The standard InChI is InChI=1S/C19H24N2OS.C8H17N.C3H8/c1-5-6-7-17(15-8-9-19(22-4)21-12-15)18-11-16(10-13(2)20)14(3)23-18;1-2-6-9-7-4-3-5-8-9;1-3-2/h7-12H,5-6,20H2,1-4H3;2-8H2,1H3;3H2,1-2H3/b13-10+,17-7-;;. The molecule has 0 unspecified atom stereocenters. The molecule has 1 fully saturated rings. The van der Waals surface area contributed by atoms with Gasteiger partial charge in [-0.25, -0.2) is 4.98 Å². The van der Waals surface area contributed by atoms with E-state index in [9.17, 15) is 0 Å². The van der Waals surface area contributed by atoms with Gasteiger partial charge in [-0.15, -0.1) is 11.3 Å². The van der Waals surface area contributed by atoms with Crippen LogP contribution in [0, 0.1) is 6.92 Å². The number of aryl methyl sites for hydroxylation is 1. The van der Waals surface area contributed by atoms with Gasteiger partial charge in [0.25, 0.3) is 0 Å². The maximum absolute atomic E-state index is 5.83. The van der Waals surface area contributed by atoms with E-state index < -0.39 is 0 Å². The predicted octanol–water partition coefficient (Wildman–Crippen LogP) is 8.31. The molecule has 1 aliphatic heterocycles. The summed E-state index contributed by atoms with van der Waals surface area (Å²) in [5, 5.41) is 0. The van der Waals surface area contributed by atoms with Crippen molar-refractivity contribution in [3.8, 4) is 5.88 Å². The third-order valence-electron chi connectivity index (χ3n) is 5.49. The molecule has 3 rings (SSSR count). The SMILES string of the molecule is CCC.CCC/C=C(/c1ccc(OC)nc1)c1cc(/C=C(\C)N)c(C)s1.CCCN1CCCCC1. The van der Waals surface area contributed by atoms with Gasteiger partial charge in [0, 0.05) is 33.3 Å². The van der Waals surface area contributed by atoms with Crippen molar-refractivity contribution in [1.29, 1.82) is 0 Å². The Morgan fingerprint density at radius 2 is 1.80 bits per heavy atom. The number of rotatable bonds is 8. The normalized spacial score (nSPS) is 14.5. The van der Waals surface area contributed by atoms with E-state index in [0.717, 1.165) is 24.1 Å². The molecule has 0 saturated carbocycles. The molecule has 2 aromatic rings. The summed E-state index contributed by atoms with van der Waals surface area (Å²) >= 11 is 1.79. The number of hydrogen-bond donors (Lipinski definition) is 1. The minimum atomic E-state index is 0.633. The third kappa shape index (κ3) is 11.9. The van der Waals surface area contributed by atoms with Gasteiger partial charge in [-0.2, -0.15) is 0 Å². The summed E-state index contributed by atoms with van der Waals surface area (Å²) in [7, 11) is 1.63. The quantitative estimate of drug-likeness (QED) is 0.397. The van der Waals surface area contributed by atoms with E-state index in [0.29, 0.717) is 5.88 Å². The van der Waals surface area contributed by atoms with Gasteiger partial charge in [-0.3, -0.25) is 0 Å². The van der Waals surface area contributed by atoms with Gasteiger partial charge in [-0.1, -0.05) is 53.0 Å². The van der Waals surface area contributed by atoms with Crippen LogP contribution in [-0.2, 0) is 0 Å². The first-order chi connectivity index (χ1) is 16.9. The fourth-order valence-electron chi connectivity index (χ4n) is 3.83. The fraction of sp³-hybridized carbons (Fsp3) is 0.567. The molecule has 4 nitrogen and oxygen atoms in total. The molecule has 1 aliphatic rings. The minimum absolute atomic E-state index is 0.633. The van der Waals surface area contributed by atoms with Crippen LogP contribution >= 0.6 is 11.3 Å². The zero-order valence-corrected chi connectivity index (χ0v) is 24.1. The van der Waals surface area contributed by atoms with Gasteiger partial charge < -0.3 is 15.4 Å². The van der Waals surface area contributed by atoms with E-state index in [-0.39, 0.29) is 0 Å². The average Bonchev–Trinajstić information content (AvgIpc) is 3.20. The number of ether oxygens (including phenoxy) is 1. The van der Waals surface area contributed by atoms with Crippen LogP contribution in [0.3, 0.4) is 0 Å². The molecule has 35 heavy (non-hydrogen) atoms. The van der Waals surface area contributed by atoms with Crippen LogP contribution < -0.4 is 10.5 Å². The first kappa shape index (κ1) is 30.9. The molecule has 1 saturated heterocycles. The van der Waals surface area contributed by atoms with Crippen molar-refractivity contribution in [3.05, 3.63) is 57.1 Å². The molecule has 0 atom stereocenters. The van der Waals surface area contributed by atoms with Crippen molar-refractivity contribution in [2.24, 2.45) is 5.73 Å². The Morgan fingerprint density at radius 1 is 1.11 bits per heavy atom. The lowest BCUT2D eigenvalue weighted by atomic mass is 10.0. The first-order valence-electron chi connectivity index (χ1n) is 13.4. The second-order valence-electron chi connectivity index (χ2n) is 9.12. The average molecular weight is 500 g/mol. The van der Waals surface area contributed by atoms with Crippen molar-refractivity contribution < 1.29 is 4.74 Å². The van der Waals surface area contributed by atoms with E-state index in [1.807, 2.05) is 25.3 Å². The zero-order chi connectivity index (χ0) is 26.1. The number of likely N-dealkylation sites (tertiary alicyclic amines) is 1. The van der Waals surface area contributed by atoms with E-state index >= 15 is 0 Å². The molecule has 0 amide bonds. The highest BCUT2D eigenvalue weighted by atomic mass is 32.1. The Bertz CT molecular complexity index is 871. The summed E-state index contributed by atoms with van der Waals surface area (Å²) in [4.78, 5) is 9.43. The van der Waals surface area contributed by atoms with Gasteiger partial charge in [0.05, 0.1) is 7.11 Å². The van der Waals surface area contributed by atoms with Crippen LogP contribution in [0.15, 0.2) is 36.2 Å². The monoisotopic (exact) mass is 499 g/mol. The Hall–Kier alpha value is -2.11. The number of methoxy groups -OCH3 is 1. The highest BCUT2D eigenvalue weighted by Crippen LogP contribution is 2.33. The van der Waals surface area contributed by atoms with Gasteiger partial charge in [0.15, 0.2) is 0 Å². The number of piperidine rings is 1. The van der Waals surface area contributed by atoms with Gasteiger partial charge in [0.1, 0.15) is 0 Å². The molecule has 2 N–H and O–H groups in total. The van der Waals surface area contributed by atoms with Crippen molar-refractivity contribution in [2.45, 2.75) is 86.5 Å². The zero-order valence-electron chi connectivity index (χ0n) is 23.3. The highest BCUT2D eigenvalue weighted by Gasteiger charge is 2.11. The van der Waals surface area contributed by atoms with Crippen LogP contribution in [0.25, 0.3) is 11.6 Å². The molecule has 0 aliphatic carbocycles. The number of allylic oxidation sites excluding steroid dienone is 2. The Morgan fingerprint density at radius 3 is 2.31 bits per heavy atom. The molecule has 0 spiro atoms. The summed E-state index contributed by atoms with van der Waals surface area (Å²) < 4.78 is 5.15. The van der Waals surface area contributed by atoms with Crippen molar-refractivity contribution in [3.63, 3.8) is 0 Å². The van der Waals surface area contributed by atoms with E-state index in [1.54, 1.807) is 18.4 Å². The topological polar surface area (TPSA) is 51.4 Å². The van der Waals surface area contributed by atoms with E-state index in [2.05, 4.69) is 62.7 Å². The predicted molar refractivity (Wildman–Crippen MR) is 156 cm³/mol. The van der Waals surface area contributed by atoms with Crippen LogP contribution in [-0.4, -0.2) is 36.6 Å². The number of pyridine rings is 1. The molecule has 3 heterocycles. The van der Waals surface area contributed by atoms with Crippen molar-refractivity contribution >= 4 is 23.0 Å². The molecule has 0 bridgehead atoms. The lowest BCUT2D eigenvalue weighted by molar-refractivity contribution is 0.229. The van der Waals surface area contributed by atoms with Gasteiger partial charge in [-0.05, 0) is 88.5 Å². The fourth-order valence-corrected chi connectivity index (χ4v) is 4.89. The second-order valence-corrected chi connectivity index (χ2v) is 10.4. The van der Waals surface area contributed by atoms with Crippen molar-refractivity contribution in [1.82, 2.24) is 9.88 Å². The van der Waals surface area contributed by atoms with E-state index in [1.165, 1.54) is 72.6 Å². The van der Waals surface area contributed by atoms with E-state index in [4.69, 9.17) is 10.5 Å². The smallest absolute Gasteiger partial charge is 0.212 e. The highest BCUT2D eigenvalue weighted by molar-refractivity contribution is 7.13. The minimum Gasteiger partial charge on any atom is -0.481 e. The molecule has 196 valence electrons. The summed E-state index contributed by atoms with van der Waals surface area (Å²) in [6.07, 6.45) is 15.2. The second kappa shape index (κ2) is 18.2. The van der Waals surface area contributed by atoms with Crippen LogP contribution in [0.5, 0.6) is 5.88 Å². The summed E-state index contributed by atoms with van der Waals surface area (Å²) in [5.74, 6) is 0.633. The summed E-state index contributed by atoms with van der Waals surface area (Å²) in [6, 6.07) is 6.18. The first-order valence-corrected chi connectivity index (χ1v) is 14.2. The molecule has 0 aromatic carbocycles. The molecular weight excluding hydrogens is 450 g/mol. The Kier molecular flexibility index (Phi) is 16.1. The van der Waals surface area contributed by atoms with Gasteiger partial charge in [0.2, 0.25) is 5.88 Å². The number of thiophene rings is 1. The van der Waals surface area contributed by atoms with Crippen LogP contribution in [0.1, 0.15) is 100 Å². The lowest BCUT2D eigenvalue weighted by Gasteiger charge is -2.25. The molecular formula is C30H49N3OS. The number of nitrogens with zero attached hydrogens (tertiary/aromatic N) is 2. The largest absolute Gasteiger partial charge is 0.481 e. The Labute approximate surface area is 219 Å². The third-order valence-corrected chi connectivity index (χ3v) is 6.59. The maximum atomic E-state index is 5.83. The number of unbranched alkanes of at least 4 members (excludes halogenated alkanes) is 1. The molecule has 0 radical (unpaired) electrons. The van der Waals surface area contributed by atoms with Gasteiger partial charge >= 0.3 is 0 Å². The number of nitrogens with two attached hydrogens (primary N) is 1. The number of aromatic nitrogens is 1. The number of hydrogen-bond acceptors (Lipinski definition) is 5.